The van der Waals surface area contributed by atoms with Gasteiger partial charge >= 0.3 is 0 Å². The molecule has 0 aromatic heterocycles. The van der Waals surface area contributed by atoms with E-state index >= 15 is 0 Å². The Bertz CT molecular complexity index is 530. The van der Waals surface area contributed by atoms with Crippen molar-refractivity contribution in [3.8, 4) is 0 Å². The molecule has 0 bridgehead atoms. The van der Waals surface area contributed by atoms with Gasteiger partial charge in [0.2, 0.25) is 0 Å². The van der Waals surface area contributed by atoms with Crippen molar-refractivity contribution in [3.63, 3.8) is 0 Å². The van der Waals surface area contributed by atoms with Crippen LogP contribution in [0.4, 0.5) is 0 Å². The van der Waals surface area contributed by atoms with E-state index in [0.29, 0.717) is 0 Å². The van der Waals surface area contributed by atoms with Crippen molar-refractivity contribution in [2.24, 2.45) is 11.5 Å². The zero-order chi connectivity index (χ0) is 17.8. The molecule has 0 heterocycles. The molecule has 136 valence electrons. The highest BCUT2D eigenvalue weighted by Gasteiger charge is 2.25. The topological polar surface area (TPSA) is 61.3 Å². The molecular weight excluding hydrogens is 308 g/mol. The molecule has 2 aromatic carbocycles. The quantitative estimate of drug-likeness (QED) is 0.579. The third-order valence-corrected chi connectivity index (χ3v) is 4.50. The van der Waals surface area contributed by atoms with Crippen LogP contribution < -0.4 is 11.5 Å². The number of hydrogen-bond acceptors (Lipinski definition) is 3. The van der Waals surface area contributed by atoms with Gasteiger partial charge in [0.05, 0.1) is 0 Å². The summed E-state index contributed by atoms with van der Waals surface area (Å²) in [5.41, 5.74) is 14.7. The summed E-state index contributed by atoms with van der Waals surface area (Å²) < 4.78 is 5.72. The van der Waals surface area contributed by atoms with Crippen LogP contribution in [0.25, 0.3) is 0 Å². The summed E-state index contributed by atoms with van der Waals surface area (Å²) in [6.45, 7) is 2.31. The fraction of sp³-hybridized carbons (Fsp3) is 0.455. The van der Waals surface area contributed by atoms with Gasteiger partial charge in [0.1, 0.15) is 0 Å². The van der Waals surface area contributed by atoms with E-state index in [1.54, 1.807) is 0 Å². The molecule has 3 heteroatoms. The minimum atomic E-state index is -0.247. The van der Waals surface area contributed by atoms with Gasteiger partial charge in [-0.25, -0.2) is 0 Å². The lowest BCUT2D eigenvalue weighted by molar-refractivity contribution is 0.121. The van der Waals surface area contributed by atoms with Gasteiger partial charge in [-0.05, 0) is 56.2 Å². The van der Waals surface area contributed by atoms with Crippen molar-refractivity contribution >= 4 is 0 Å². The largest absolute Gasteiger partial charge is 0.381 e. The molecule has 0 aliphatic carbocycles. The molecule has 0 saturated heterocycles. The average Bonchev–Trinajstić information content (AvgIpc) is 2.62. The van der Waals surface area contributed by atoms with Gasteiger partial charge in [-0.2, -0.15) is 0 Å². The van der Waals surface area contributed by atoms with Gasteiger partial charge < -0.3 is 16.2 Å². The Morgan fingerprint density at radius 1 is 0.720 bits per heavy atom. The van der Waals surface area contributed by atoms with Crippen molar-refractivity contribution in [2.45, 2.75) is 44.1 Å². The zero-order valence-corrected chi connectivity index (χ0v) is 15.2. The summed E-state index contributed by atoms with van der Waals surface area (Å²) in [6.07, 6.45) is 5.78. The van der Waals surface area contributed by atoms with E-state index in [2.05, 4.69) is 48.5 Å². The zero-order valence-electron chi connectivity index (χ0n) is 15.2. The molecule has 0 aliphatic heterocycles. The molecule has 0 aliphatic rings. The van der Waals surface area contributed by atoms with Crippen LogP contribution in [0.2, 0.25) is 0 Å². The summed E-state index contributed by atoms with van der Waals surface area (Å²) in [7, 11) is 0. The van der Waals surface area contributed by atoms with Crippen molar-refractivity contribution in [1.82, 2.24) is 0 Å². The van der Waals surface area contributed by atoms with Crippen LogP contribution in [-0.4, -0.2) is 25.3 Å². The molecule has 25 heavy (non-hydrogen) atoms. The van der Waals surface area contributed by atoms with Crippen molar-refractivity contribution in [1.29, 1.82) is 0 Å². The lowest BCUT2D eigenvalue weighted by atomic mass is 9.82. The SMILES string of the molecule is NCCCCOCCCC(N)(Cc1ccccc1)Cc1ccccc1. The first-order chi connectivity index (χ1) is 12.2. The molecule has 0 radical (unpaired) electrons. The van der Waals surface area contributed by atoms with Crippen LogP contribution in [-0.2, 0) is 17.6 Å². The number of unbranched alkanes of at least 4 members (excludes halogenated alkanes) is 1. The van der Waals surface area contributed by atoms with Gasteiger partial charge in [0.25, 0.3) is 0 Å². The third-order valence-electron chi connectivity index (χ3n) is 4.50. The molecule has 0 saturated carbocycles. The Labute approximate surface area is 152 Å². The summed E-state index contributed by atoms with van der Waals surface area (Å²) in [4.78, 5) is 0. The highest BCUT2D eigenvalue weighted by molar-refractivity contribution is 5.22. The normalized spacial score (nSPS) is 11.6. The van der Waals surface area contributed by atoms with Gasteiger partial charge in [0.15, 0.2) is 0 Å². The van der Waals surface area contributed by atoms with E-state index in [4.69, 9.17) is 16.2 Å². The van der Waals surface area contributed by atoms with E-state index in [-0.39, 0.29) is 5.54 Å². The molecule has 0 unspecified atom stereocenters. The maximum absolute atomic E-state index is 6.85. The number of rotatable bonds is 12. The van der Waals surface area contributed by atoms with Crippen LogP contribution in [0.15, 0.2) is 60.7 Å². The maximum Gasteiger partial charge on any atom is 0.0466 e. The Morgan fingerprint density at radius 2 is 1.24 bits per heavy atom. The van der Waals surface area contributed by atoms with Crippen LogP contribution in [0, 0.1) is 0 Å². The Kier molecular flexibility index (Phi) is 8.67. The first-order valence-electron chi connectivity index (χ1n) is 9.36. The lowest BCUT2D eigenvalue weighted by Crippen LogP contribution is -2.44. The molecule has 0 atom stereocenters. The third kappa shape index (κ3) is 7.82. The van der Waals surface area contributed by atoms with Gasteiger partial charge in [-0.1, -0.05) is 60.7 Å². The Hall–Kier alpha value is -1.68. The standard InChI is InChI=1S/C22H32N2O/c23-15-7-8-16-25-17-9-14-22(24,18-20-10-3-1-4-11-20)19-21-12-5-2-6-13-21/h1-6,10-13H,7-9,14-19,23-24H2. The number of hydrogen-bond donors (Lipinski definition) is 2. The van der Waals surface area contributed by atoms with E-state index in [1.165, 1.54) is 11.1 Å². The molecule has 3 nitrogen and oxygen atoms in total. The number of ether oxygens (including phenoxy) is 1. The fourth-order valence-electron chi connectivity index (χ4n) is 3.22. The molecule has 0 amide bonds. The second kappa shape index (κ2) is 11.0. The predicted octanol–water partition coefficient (Wildman–Crippen LogP) is 3.71. The average molecular weight is 341 g/mol. The first kappa shape index (κ1) is 19.6. The van der Waals surface area contributed by atoms with Crippen molar-refractivity contribution in [2.75, 3.05) is 19.8 Å². The molecular formula is C22H32N2O. The number of nitrogens with two attached hydrogens (primary N) is 2. The van der Waals surface area contributed by atoms with Crippen LogP contribution in [0.1, 0.15) is 36.8 Å². The number of benzene rings is 2. The summed E-state index contributed by atoms with van der Waals surface area (Å²) in [5, 5.41) is 0. The van der Waals surface area contributed by atoms with Crippen molar-refractivity contribution < 1.29 is 4.74 Å². The van der Waals surface area contributed by atoms with Gasteiger partial charge in [-0.3, -0.25) is 0 Å². The van der Waals surface area contributed by atoms with Gasteiger partial charge in [-0.15, -0.1) is 0 Å². The second-order valence-corrected chi connectivity index (χ2v) is 6.90. The summed E-state index contributed by atoms with van der Waals surface area (Å²) >= 11 is 0. The Morgan fingerprint density at radius 3 is 1.76 bits per heavy atom. The van der Waals surface area contributed by atoms with E-state index in [9.17, 15) is 0 Å². The highest BCUT2D eigenvalue weighted by atomic mass is 16.5. The smallest absolute Gasteiger partial charge is 0.0466 e. The van der Waals surface area contributed by atoms with Crippen molar-refractivity contribution in [3.05, 3.63) is 71.8 Å². The molecule has 2 aromatic rings. The minimum absolute atomic E-state index is 0.247. The lowest BCUT2D eigenvalue weighted by Gasteiger charge is -2.30. The summed E-state index contributed by atoms with van der Waals surface area (Å²) in [6, 6.07) is 21.1. The van der Waals surface area contributed by atoms with Crippen LogP contribution in [0.5, 0.6) is 0 Å². The Balaban J connectivity index is 1.89. The van der Waals surface area contributed by atoms with E-state index in [1.807, 2.05) is 12.1 Å². The van der Waals surface area contributed by atoms with Crippen LogP contribution in [0.3, 0.4) is 0 Å². The fourth-order valence-corrected chi connectivity index (χ4v) is 3.22. The highest BCUT2D eigenvalue weighted by Crippen LogP contribution is 2.22. The predicted molar refractivity (Wildman–Crippen MR) is 106 cm³/mol. The van der Waals surface area contributed by atoms with E-state index in [0.717, 1.165) is 58.3 Å². The molecule has 0 fully saturated rings. The second-order valence-electron chi connectivity index (χ2n) is 6.90. The van der Waals surface area contributed by atoms with Crippen LogP contribution >= 0.6 is 0 Å². The first-order valence-corrected chi connectivity index (χ1v) is 9.36. The van der Waals surface area contributed by atoms with E-state index < -0.39 is 0 Å². The molecule has 4 N–H and O–H groups in total. The van der Waals surface area contributed by atoms with Gasteiger partial charge in [0, 0.05) is 18.8 Å². The minimum Gasteiger partial charge on any atom is -0.381 e. The molecule has 0 spiro atoms. The maximum atomic E-state index is 6.85. The monoisotopic (exact) mass is 340 g/mol. The summed E-state index contributed by atoms with van der Waals surface area (Å²) in [5.74, 6) is 0. The molecule has 2 rings (SSSR count).